The molecule has 0 aliphatic heterocycles. The molecule has 1 N–H and O–H groups in total. The number of nitrogens with one attached hydrogen (secondary N) is 1. The maximum absolute atomic E-state index is 14.1. The molecular weight excluding hydrogens is 534 g/mol. The van der Waals surface area contributed by atoms with Gasteiger partial charge in [0.15, 0.2) is 0 Å². The van der Waals surface area contributed by atoms with Crippen LogP contribution < -0.4 is 9.62 Å². The summed E-state index contributed by atoms with van der Waals surface area (Å²) in [5.74, 6) is -0.388. The van der Waals surface area contributed by atoms with Crippen LogP contribution >= 0.6 is 0 Å². The average molecular weight is 578 g/mol. The second kappa shape index (κ2) is 14.8. The highest BCUT2D eigenvalue weighted by atomic mass is 32.2. The number of carbonyl (C=O) groups excluding carboxylic acids is 2. The molecule has 0 aliphatic carbocycles. The molecule has 41 heavy (non-hydrogen) atoms. The van der Waals surface area contributed by atoms with Gasteiger partial charge in [-0.25, -0.2) is 8.42 Å². The number of carbonyl (C=O) groups is 2. The van der Waals surface area contributed by atoms with Gasteiger partial charge in [-0.1, -0.05) is 87.9 Å². The van der Waals surface area contributed by atoms with Crippen molar-refractivity contribution < 1.29 is 18.0 Å². The van der Waals surface area contributed by atoms with Crippen LogP contribution in [0.15, 0.2) is 83.8 Å². The molecule has 0 radical (unpaired) electrons. The minimum absolute atomic E-state index is 0.104. The van der Waals surface area contributed by atoms with E-state index < -0.39 is 28.5 Å². The van der Waals surface area contributed by atoms with Gasteiger partial charge in [-0.2, -0.15) is 0 Å². The Hall–Kier alpha value is -3.65. The second-order valence-electron chi connectivity index (χ2n) is 10.6. The third kappa shape index (κ3) is 8.43. The Kier molecular flexibility index (Phi) is 11.5. The lowest BCUT2D eigenvalue weighted by Gasteiger charge is -2.33. The summed E-state index contributed by atoms with van der Waals surface area (Å²) in [5, 5.41) is 2.92. The number of anilines is 1. The van der Waals surface area contributed by atoms with Crippen LogP contribution in [-0.4, -0.2) is 50.8 Å². The summed E-state index contributed by atoms with van der Waals surface area (Å²) in [6, 6.07) is 22.9. The van der Waals surface area contributed by atoms with Crippen LogP contribution in [0.4, 0.5) is 5.69 Å². The van der Waals surface area contributed by atoms with Crippen LogP contribution in [-0.2, 0) is 26.0 Å². The molecular formula is C33H43N3O4S. The number of hydrogen-bond donors (Lipinski definition) is 1. The van der Waals surface area contributed by atoms with Gasteiger partial charge in [0.05, 0.1) is 10.6 Å². The summed E-state index contributed by atoms with van der Waals surface area (Å²) in [4.78, 5) is 28.9. The summed E-state index contributed by atoms with van der Waals surface area (Å²) in [6.07, 6.45) is 1.72. The zero-order chi connectivity index (χ0) is 30.0. The first-order valence-corrected chi connectivity index (χ1v) is 15.8. The zero-order valence-corrected chi connectivity index (χ0v) is 25.7. The number of sulfonamides is 1. The monoisotopic (exact) mass is 577 g/mol. The Morgan fingerprint density at radius 1 is 0.878 bits per heavy atom. The van der Waals surface area contributed by atoms with Gasteiger partial charge in [-0.3, -0.25) is 13.9 Å². The van der Waals surface area contributed by atoms with Crippen molar-refractivity contribution >= 4 is 27.5 Å². The van der Waals surface area contributed by atoms with Gasteiger partial charge >= 0.3 is 0 Å². The Labute approximate surface area is 245 Å². The van der Waals surface area contributed by atoms with Gasteiger partial charge in [0.2, 0.25) is 11.8 Å². The third-order valence-electron chi connectivity index (χ3n) is 7.15. The van der Waals surface area contributed by atoms with E-state index in [1.54, 1.807) is 36.4 Å². The normalized spacial score (nSPS) is 12.1. The fourth-order valence-electron chi connectivity index (χ4n) is 4.65. The molecule has 0 unspecified atom stereocenters. The number of rotatable bonds is 14. The Morgan fingerprint density at radius 2 is 1.51 bits per heavy atom. The van der Waals surface area contributed by atoms with Crippen molar-refractivity contribution in [2.24, 2.45) is 0 Å². The molecule has 8 heteroatoms. The lowest BCUT2D eigenvalue weighted by atomic mass is 10.0. The molecule has 0 fully saturated rings. The fourth-order valence-corrected chi connectivity index (χ4v) is 6.07. The molecule has 1 atom stereocenters. The van der Waals surface area contributed by atoms with E-state index in [4.69, 9.17) is 0 Å². The van der Waals surface area contributed by atoms with Crippen LogP contribution in [0.1, 0.15) is 63.1 Å². The largest absolute Gasteiger partial charge is 0.354 e. The van der Waals surface area contributed by atoms with E-state index >= 15 is 0 Å². The van der Waals surface area contributed by atoms with E-state index in [1.165, 1.54) is 4.90 Å². The second-order valence-corrected chi connectivity index (χ2v) is 12.5. The van der Waals surface area contributed by atoms with Gasteiger partial charge in [-0.05, 0) is 67.5 Å². The van der Waals surface area contributed by atoms with E-state index in [0.29, 0.717) is 25.1 Å². The number of hydrogen-bond acceptors (Lipinski definition) is 4. The van der Waals surface area contributed by atoms with Crippen molar-refractivity contribution in [2.45, 2.75) is 70.7 Å². The van der Waals surface area contributed by atoms with Gasteiger partial charge in [-0.15, -0.1) is 0 Å². The lowest BCUT2D eigenvalue weighted by Crippen LogP contribution is -2.53. The summed E-state index contributed by atoms with van der Waals surface area (Å²) >= 11 is 0. The smallest absolute Gasteiger partial charge is 0.264 e. The molecule has 0 bridgehead atoms. The van der Waals surface area contributed by atoms with E-state index in [9.17, 15) is 18.0 Å². The first-order chi connectivity index (χ1) is 19.6. The van der Waals surface area contributed by atoms with Crippen molar-refractivity contribution in [2.75, 3.05) is 23.9 Å². The predicted octanol–water partition coefficient (Wildman–Crippen LogP) is 5.69. The highest BCUT2D eigenvalue weighted by molar-refractivity contribution is 7.92. The van der Waals surface area contributed by atoms with Crippen LogP contribution in [0.5, 0.6) is 0 Å². The molecule has 0 aromatic heterocycles. The maximum atomic E-state index is 14.1. The molecule has 3 aromatic rings. The van der Waals surface area contributed by atoms with Crippen LogP contribution in [0, 0.1) is 6.92 Å². The highest BCUT2D eigenvalue weighted by Crippen LogP contribution is 2.27. The SMILES string of the molecule is CCCNC(=O)[C@@H](CC)N(CCc1ccccc1)C(=O)CN(c1ccc(C(C)C)cc1)S(=O)(=O)c1ccc(C)cc1. The van der Waals surface area contributed by atoms with Gasteiger partial charge in [0.25, 0.3) is 10.0 Å². The number of benzene rings is 3. The topological polar surface area (TPSA) is 86.8 Å². The average Bonchev–Trinajstić information content (AvgIpc) is 2.97. The van der Waals surface area contributed by atoms with Gasteiger partial charge in [0, 0.05) is 13.1 Å². The molecule has 0 spiro atoms. The number of amides is 2. The maximum Gasteiger partial charge on any atom is 0.264 e. The van der Waals surface area contributed by atoms with Crippen LogP contribution in [0.25, 0.3) is 0 Å². The molecule has 3 rings (SSSR count). The van der Waals surface area contributed by atoms with Crippen LogP contribution in [0.2, 0.25) is 0 Å². The molecule has 220 valence electrons. The summed E-state index contributed by atoms with van der Waals surface area (Å²) in [5.41, 5.74) is 3.43. The molecule has 0 saturated heterocycles. The van der Waals surface area contributed by atoms with Crippen molar-refractivity contribution in [3.63, 3.8) is 0 Å². The van der Waals surface area contributed by atoms with Crippen molar-refractivity contribution in [3.05, 3.63) is 95.6 Å². The minimum atomic E-state index is -4.08. The number of aryl methyl sites for hydroxylation is 1. The highest BCUT2D eigenvalue weighted by Gasteiger charge is 2.33. The quantitative estimate of drug-likeness (QED) is 0.267. The Morgan fingerprint density at radius 3 is 2.07 bits per heavy atom. The van der Waals surface area contributed by atoms with E-state index in [2.05, 4.69) is 19.2 Å². The predicted molar refractivity (Wildman–Crippen MR) is 165 cm³/mol. The van der Waals surface area contributed by atoms with Crippen molar-refractivity contribution in [1.29, 1.82) is 0 Å². The first kappa shape index (κ1) is 31.9. The van der Waals surface area contributed by atoms with Crippen molar-refractivity contribution in [3.8, 4) is 0 Å². The van der Waals surface area contributed by atoms with E-state index in [1.807, 2.05) is 63.2 Å². The minimum Gasteiger partial charge on any atom is -0.354 e. The summed E-state index contributed by atoms with van der Waals surface area (Å²) in [7, 11) is -4.08. The third-order valence-corrected chi connectivity index (χ3v) is 8.94. The molecule has 2 amide bonds. The molecule has 3 aromatic carbocycles. The molecule has 0 aliphatic rings. The lowest BCUT2D eigenvalue weighted by molar-refractivity contribution is -0.139. The van der Waals surface area contributed by atoms with E-state index in [-0.39, 0.29) is 23.3 Å². The Balaban J connectivity index is 2.01. The van der Waals surface area contributed by atoms with Gasteiger partial charge < -0.3 is 10.2 Å². The Bertz CT molecular complexity index is 1370. The molecule has 7 nitrogen and oxygen atoms in total. The summed E-state index contributed by atoms with van der Waals surface area (Å²) < 4.78 is 29.1. The molecule has 0 heterocycles. The van der Waals surface area contributed by atoms with Gasteiger partial charge in [0.1, 0.15) is 12.6 Å². The van der Waals surface area contributed by atoms with E-state index in [0.717, 1.165) is 27.4 Å². The van der Waals surface area contributed by atoms with Crippen LogP contribution in [0.3, 0.4) is 0 Å². The number of nitrogens with zero attached hydrogens (tertiary/aromatic N) is 2. The summed E-state index contributed by atoms with van der Waals surface area (Å²) in [6.45, 7) is 10.2. The first-order valence-electron chi connectivity index (χ1n) is 14.4. The molecule has 0 saturated carbocycles. The standard InChI is InChI=1S/C33H43N3O4S/c1-6-22-34-33(38)31(7-2)35(23-21-27-11-9-8-10-12-27)32(37)24-36(29-17-15-28(16-18-29)25(3)4)41(39,40)30-19-13-26(5)14-20-30/h8-20,25,31H,6-7,21-24H2,1-5H3,(H,34,38)/t31-/m1/s1. The fraction of sp³-hybridized carbons (Fsp3) is 0.394. The zero-order valence-electron chi connectivity index (χ0n) is 24.8. The van der Waals surface area contributed by atoms with Crippen molar-refractivity contribution in [1.82, 2.24) is 10.2 Å².